The van der Waals surface area contributed by atoms with Gasteiger partial charge in [0.2, 0.25) is 0 Å². The van der Waals surface area contributed by atoms with Gasteiger partial charge in [-0.1, -0.05) is 0 Å². The molecule has 46 valence electrons. The van der Waals surface area contributed by atoms with E-state index in [1.165, 1.54) is 0 Å². The predicted molar refractivity (Wildman–Crippen MR) is 42.6 cm³/mol. The zero-order valence-electron chi connectivity index (χ0n) is 4.31. The second kappa shape index (κ2) is 2.60. The van der Waals surface area contributed by atoms with Crippen LogP contribution in [0.1, 0.15) is 0 Å². The van der Waals surface area contributed by atoms with E-state index in [0.717, 1.165) is 8.96 Å². The van der Waals surface area contributed by atoms with Crippen LogP contribution in [0.3, 0.4) is 0 Å². The Morgan fingerprint density at radius 3 is 1.89 bits per heavy atom. The Kier molecular flexibility index (Phi) is 2.01. The van der Waals surface area contributed by atoms with Gasteiger partial charge < -0.3 is 5.53 Å². The molecule has 0 radical (unpaired) electrons. The lowest BCUT2D eigenvalue weighted by atomic mass is 10.4. The van der Waals surface area contributed by atoms with Crippen molar-refractivity contribution >= 4 is 37.6 Å². The fraction of sp³-hybridized carbons (Fsp3) is 0. The van der Waals surface area contributed by atoms with Crippen LogP contribution in [0.4, 0.5) is 0 Å². The summed E-state index contributed by atoms with van der Waals surface area (Å²) in [4.78, 5) is 3.04. The van der Waals surface area contributed by atoms with Gasteiger partial charge in [-0.2, -0.15) is 4.79 Å². The quantitative estimate of drug-likeness (QED) is 0.467. The van der Waals surface area contributed by atoms with Crippen molar-refractivity contribution in [3.8, 4) is 0 Å². The van der Waals surface area contributed by atoms with Crippen LogP contribution in [-0.2, 0) is 0 Å². The molecule has 0 aromatic rings. The molecule has 4 heteroatoms. The highest BCUT2D eigenvalue weighted by atomic mass is 79.9. The molecular formula is C5H2Br2N2. The van der Waals surface area contributed by atoms with Gasteiger partial charge in [0.05, 0.1) is 0 Å². The van der Waals surface area contributed by atoms with Crippen molar-refractivity contribution in [3.05, 3.63) is 26.6 Å². The number of hydrogen-bond acceptors (Lipinski definition) is 0. The van der Waals surface area contributed by atoms with Crippen LogP contribution in [0, 0.1) is 0 Å². The minimum atomic E-state index is 0.537. The van der Waals surface area contributed by atoms with E-state index in [1.54, 1.807) is 12.2 Å². The standard InChI is InChI=1S/C5H2Br2N2/c6-3-1-2-4(7)5(3)9-8/h1-2H. The number of halogens is 2. The van der Waals surface area contributed by atoms with Crippen molar-refractivity contribution in [2.45, 2.75) is 0 Å². The fourth-order valence-corrected chi connectivity index (χ4v) is 1.63. The summed E-state index contributed by atoms with van der Waals surface area (Å²) in [6.45, 7) is 0. The van der Waals surface area contributed by atoms with Gasteiger partial charge in [-0.25, -0.2) is 0 Å². The second-order valence-electron chi connectivity index (χ2n) is 1.48. The number of nitrogens with zero attached hydrogens (tertiary/aromatic N) is 2. The Hall–Kier alpha value is -0.180. The monoisotopic (exact) mass is 248 g/mol. The van der Waals surface area contributed by atoms with Crippen molar-refractivity contribution in [1.82, 2.24) is 0 Å². The molecule has 0 fully saturated rings. The van der Waals surface area contributed by atoms with E-state index in [0.29, 0.717) is 5.71 Å². The molecule has 0 atom stereocenters. The van der Waals surface area contributed by atoms with E-state index in [9.17, 15) is 0 Å². The number of hydrogen-bond donors (Lipinski definition) is 0. The SMILES string of the molecule is [N-]=[N+]=C1C(Br)=CC=C1Br. The van der Waals surface area contributed by atoms with Crippen LogP contribution >= 0.6 is 31.9 Å². The lowest BCUT2D eigenvalue weighted by Crippen LogP contribution is -1.93. The fourth-order valence-electron chi connectivity index (χ4n) is 0.514. The van der Waals surface area contributed by atoms with Gasteiger partial charge in [-0.3, -0.25) is 0 Å². The van der Waals surface area contributed by atoms with Crippen LogP contribution in [-0.4, -0.2) is 10.5 Å². The normalized spacial score (nSPS) is 16.9. The highest BCUT2D eigenvalue weighted by molar-refractivity contribution is 9.13. The van der Waals surface area contributed by atoms with Crippen LogP contribution in [0.15, 0.2) is 21.1 Å². The molecule has 0 N–H and O–H groups in total. The maximum Gasteiger partial charge on any atom is 0.343 e. The topological polar surface area (TPSA) is 36.4 Å². The van der Waals surface area contributed by atoms with E-state index in [-0.39, 0.29) is 0 Å². The molecule has 1 aliphatic carbocycles. The van der Waals surface area contributed by atoms with E-state index in [1.807, 2.05) is 0 Å². The van der Waals surface area contributed by atoms with E-state index < -0.39 is 0 Å². The van der Waals surface area contributed by atoms with Gasteiger partial charge in [-0.05, 0) is 44.0 Å². The summed E-state index contributed by atoms with van der Waals surface area (Å²) in [5.74, 6) is 0. The van der Waals surface area contributed by atoms with Crippen molar-refractivity contribution < 1.29 is 4.79 Å². The first-order valence-electron chi connectivity index (χ1n) is 2.21. The van der Waals surface area contributed by atoms with E-state index in [2.05, 4.69) is 36.6 Å². The van der Waals surface area contributed by atoms with Crippen molar-refractivity contribution in [3.63, 3.8) is 0 Å². The molecule has 0 amide bonds. The van der Waals surface area contributed by atoms with Gasteiger partial charge in [0.25, 0.3) is 0 Å². The molecule has 0 bridgehead atoms. The predicted octanol–water partition coefficient (Wildman–Crippen LogP) is 2.23. The molecule has 0 heterocycles. The minimum absolute atomic E-state index is 0.537. The van der Waals surface area contributed by atoms with Crippen LogP contribution < -0.4 is 0 Å². The maximum absolute atomic E-state index is 8.35. The van der Waals surface area contributed by atoms with Crippen LogP contribution in [0.2, 0.25) is 0 Å². The average molecular weight is 250 g/mol. The average Bonchev–Trinajstić information content (AvgIpc) is 2.12. The molecule has 0 saturated carbocycles. The van der Waals surface area contributed by atoms with E-state index >= 15 is 0 Å². The van der Waals surface area contributed by atoms with Crippen molar-refractivity contribution in [2.24, 2.45) is 0 Å². The third kappa shape index (κ3) is 1.21. The third-order valence-electron chi connectivity index (χ3n) is 0.928. The highest BCUT2D eigenvalue weighted by Gasteiger charge is 2.20. The van der Waals surface area contributed by atoms with Crippen molar-refractivity contribution in [2.75, 3.05) is 0 Å². The smallest absolute Gasteiger partial charge is 0.343 e. The highest BCUT2D eigenvalue weighted by Crippen LogP contribution is 2.23. The molecular weight excluding hydrogens is 248 g/mol. The Labute approximate surface area is 69.1 Å². The first-order chi connectivity index (χ1) is 4.25. The molecule has 9 heavy (non-hydrogen) atoms. The van der Waals surface area contributed by atoms with Gasteiger partial charge in [0.1, 0.15) is 8.96 Å². The van der Waals surface area contributed by atoms with Crippen LogP contribution in [0.25, 0.3) is 5.53 Å². The minimum Gasteiger partial charge on any atom is -0.361 e. The van der Waals surface area contributed by atoms with Gasteiger partial charge in [0.15, 0.2) is 0 Å². The Balaban J connectivity index is 3.11. The molecule has 1 rings (SSSR count). The number of allylic oxidation sites excluding steroid dienone is 4. The summed E-state index contributed by atoms with van der Waals surface area (Å²) < 4.78 is 1.58. The molecule has 0 spiro atoms. The summed E-state index contributed by atoms with van der Waals surface area (Å²) in [5, 5.41) is 0. The maximum atomic E-state index is 8.35. The largest absolute Gasteiger partial charge is 0.361 e. The van der Waals surface area contributed by atoms with Crippen molar-refractivity contribution in [1.29, 1.82) is 0 Å². The van der Waals surface area contributed by atoms with Gasteiger partial charge in [-0.15, -0.1) is 0 Å². The number of rotatable bonds is 0. The van der Waals surface area contributed by atoms with Gasteiger partial charge in [0, 0.05) is 0 Å². The lowest BCUT2D eigenvalue weighted by molar-refractivity contribution is -0.00179. The summed E-state index contributed by atoms with van der Waals surface area (Å²) in [5.41, 5.74) is 8.89. The molecule has 2 nitrogen and oxygen atoms in total. The first-order valence-corrected chi connectivity index (χ1v) is 3.80. The first kappa shape index (κ1) is 6.93. The summed E-state index contributed by atoms with van der Waals surface area (Å²) in [6, 6.07) is 0. The zero-order chi connectivity index (χ0) is 6.85. The molecule has 0 aromatic carbocycles. The van der Waals surface area contributed by atoms with E-state index in [4.69, 9.17) is 5.53 Å². The summed E-state index contributed by atoms with van der Waals surface area (Å²) in [6.07, 6.45) is 3.61. The molecule has 0 saturated heterocycles. The second-order valence-corrected chi connectivity index (χ2v) is 3.19. The van der Waals surface area contributed by atoms with Crippen LogP contribution in [0.5, 0.6) is 0 Å². The summed E-state index contributed by atoms with van der Waals surface area (Å²) >= 11 is 6.39. The Morgan fingerprint density at radius 1 is 1.22 bits per heavy atom. The van der Waals surface area contributed by atoms with Gasteiger partial charge >= 0.3 is 5.71 Å². The molecule has 0 unspecified atom stereocenters. The molecule has 0 aliphatic heterocycles. The molecule has 1 aliphatic rings. The Bertz CT molecular complexity index is 226. The molecule has 0 aromatic heterocycles. The zero-order valence-corrected chi connectivity index (χ0v) is 7.48. The summed E-state index contributed by atoms with van der Waals surface area (Å²) in [7, 11) is 0. The lowest BCUT2D eigenvalue weighted by Gasteiger charge is -1.79. The Morgan fingerprint density at radius 2 is 1.67 bits per heavy atom. The third-order valence-corrected chi connectivity index (χ3v) is 2.21.